The highest BCUT2D eigenvalue weighted by molar-refractivity contribution is 8.00. The molecule has 2 N–H and O–H groups in total. The Kier molecular flexibility index (Phi) is 7.33. The van der Waals surface area contributed by atoms with E-state index >= 15 is 0 Å². The summed E-state index contributed by atoms with van der Waals surface area (Å²) < 4.78 is 27.6. The zero-order valence-corrected chi connectivity index (χ0v) is 20.9. The van der Waals surface area contributed by atoms with Crippen LogP contribution in [0.4, 0.5) is 11.6 Å². The van der Waals surface area contributed by atoms with Crippen LogP contribution in [0.25, 0.3) is 0 Å². The first-order chi connectivity index (χ1) is 16.8. The number of carbonyl (C=O) groups is 1. The SMILES string of the molecule is CCC(Sc1nc2c(cc1C#N)CCC2)C(=O)Nc1ccc(S(=O)(=O)Nc2nccc(C)n2)cc1. The van der Waals surface area contributed by atoms with Crippen LogP contribution in [0, 0.1) is 18.3 Å². The van der Waals surface area contributed by atoms with Crippen molar-refractivity contribution in [2.45, 2.75) is 54.7 Å². The summed E-state index contributed by atoms with van der Waals surface area (Å²) in [6.45, 7) is 3.63. The van der Waals surface area contributed by atoms with E-state index in [0.29, 0.717) is 28.4 Å². The Balaban J connectivity index is 1.44. The highest BCUT2D eigenvalue weighted by Crippen LogP contribution is 2.32. The van der Waals surface area contributed by atoms with Crippen LogP contribution in [0.1, 0.15) is 42.3 Å². The van der Waals surface area contributed by atoms with Crippen molar-refractivity contribution >= 4 is 39.3 Å². The molecular formula is C24H24N6O3S2. The fourth-order valence-electron chi connectivity index (χ4n) is 3.70. The summed E-state index contributed by atoms with van der Waals surface area (Å²) >= 11 is 1.28. The molecule has 2 aromatic heterocycles. The van der Waals surface area contributed by atoms with Crippen molar-refractivity contribution in [2.24, 2.45) is 0 Å². The minimum absolute atomic E-state index is 0.0119. The largest absolute Gasteiger partial charge is 0.325 e. The molecule has 1 unspecified atom stereocenters. The maximum Gasteiger partial charge on any atom is 0.264 e. The van der Waals surface area contributed by atoms with Gasteiger partial charge < -0.3 is 5.32 Å². The number of rotatable bonds is 8. The lowest BCUT2D eigenvalue weighted by molar-refractivity contribution is -0.115. The molecule has 0 radical (unpaired) electrons. The number of anilines is 2. The average molecular weight is 509 g/mol. The number of amides is 1. The molecule has 1 aliphatic rings. The number of nitrogens with one attached hydrogen (secondary N) is 2. The van der Waals surface area contributed by atoms with E-state index in [-0.39, 0.29) is 16.8 Å². The van der Waals surface area contributed by atoms with Crippen LogP contribution in [0.2, 0.25) is 0 Å². The standard InChI is InChI=1S/C24H24N6O3S2/c1-3-21(34-23-17(14-25)13-16-5-4-6-20(16)29-23)22(31)28-18-7-9-19(10-8-18)35(32,33)30-24-26-12-11-15(2)27-24/h7-13,21H,3-6H2,1-2H3,(H,28,31)(H,26,27,30). The summed E-state index contributed by atoms with van der Waals surface area (Å²) in [5, 5.41) is 12.5. The van der Waals surface area contributed by atoms with Crippen LogP contribution in [-0.4, -0.2) is 34.5 Å². The smallest absolute Gasteiger partial charge is 0.264 e. The predicted octanol–water partition coefficient (Wildman–Crippen LogP) is 3.85. The first-order valence-corrected chi connectivity index (χ1v) is 13.5. The molecule has 35 heavy (non-hydrogen) atoms. The second kappa shape index (κ2) is 10.4. The van der Waals surface area contributed by atoms with Crippen molar-refractivity contribution in [3.05, 3.63) is 65.1 Å². The van der Waals surface area contributed by atoms with Gasteiger partial charge >= 0.3 is 0 Å². The Bertz CT molecular complexity index is 1400. The third-order valence-electron chi connectivity index (χ3n) is 5.51. The normalized spacial score (nSPS) is 13.5. The van der Waals surface area contributed by atoms with Crippen molar-refractivity contribution < 1.29 is 13.2 Å². The molecule has 3 aromatic rings. The molecule has 11 heteroatoms. The molecule has 0 fully saturated rings. The van der Waals surface area contributed by atoms with Gasteiger partial charge in [0.1, 0.15) is 11.1 Å². The number of sulfonamides is 1. The molecule has 0 bridgehead atoms. The van der Waals surface area contributed by atoms with Crippen LogP contribution in [0.3, 0.4) is 0 Å². The molecular weight excluding hydrogens is 484 g/mol. The number of nitriles is 1. The number of nitrogens with zero attached hydrogens (tertiary/aromatic N) is 4. The molecule has 1 aromatic carbocycles. The van der Waals surface area contributed by atoms with Crippen LogP contribution in [-0.2, 0) is 27.7 Å². The summed E-state index contributed by atoms with van der Waals surface area (Å²) in [5.41, 5.74) is 3.70. The van der Waals surface area contributed by atoms with Crippen molar-refractivity contribution in [3.8, 4) is 6.07 Å². The van der Waals surface area contributed by atoms with Gasteiger partial charge in [-0.3, -0.25) is 4.79 Å². The first kappa shape index (κ1) is 24.6. The number of pyridine rings is 1. The highest BCUT2D eigenvalue weighted by atomic mass is 32.2. The quantitative estimate of drug-likeness (QED) is 0.438. The zero-order valence-electron chi connectivity index (χ0n) is 19.3. The van der Waals surface area contributed by atoms with Gasteiger partial charge in [-0.2, -0.15) is 5.26 Å². The first-order valence-electron chi connectivity index (χ1n) is 11.1. The van der Waals surface area contributed by atoms with Crippen molar-refractivity contribution in [2.75, 3.05) is 10.0 Å². The van der Waals surface area contributed by atoms with E-state index in [9.17, 15) is 18.5 Å². The van der Waals surface area contributed by atoms with Gasteiger partial charge in [0.05, 0.1) is 15.7 Å². The highest BCUT2D eigenvalue weighted by Gasteiger charge is 2.23. The van der Waals surface area contributed by atoms with Gasteiger partial charge in [0.15, 0.2) is 0 Å². The van der Waals surface area contributed by atoms with E-state index in [1.807, 2.05) is 13.0 Å². The lowest BCUT2D eigenvalue weighted by Gasteiger charge is -2.16. The van der Waals surface area contributed by atoms with Crippen LogP contribution in [0.15, 0.2) is 52.5 Å². The van der Waals surface area contributed by atoms with Crippen molar-refractivity contribution in [1.82, 2.24) is 15.0 Å². The van der Waals surface area contributed by atoms with Gasteiger partial charge in [-0.1, -0.05) is 18.7 Å². The molecule has 1 amide bonds. The molecule has 9 nitrogen and oxygen atoms in total. The van der Waals surface area contributed by atoms with Crippen molar-refractivity contribution in [3.63, 3.8) is 0 Å². The Morgan fingerprint density at radius 1 is 1.20 bits per heavy atom. The molecule has 0 spiro atoms. The van der Waals surface area contributed by atoms with Crippen LogP contribution < -0.4 is 10.0 Å². The zero-order chi connectivity index (χ0) is 25.0. The minimum Gasteiger partial charge on any atom is -0.325 e. The van der Waals surface area contributed by atoms with Gasteiger partial charge in [0, 0.05) is 23.3 Å². The maximum atomic E-state index is 12.9. The third kappa shape index (κ3) is 5.78. The number of aryl methyl sites for hydroxylation is 3. The fraction of sp³-hybridized carbons (Fsp3) is 0.292. The number of fused-ring (bicyclic) bond motifs is 1. The molecule has 4 rings (SSSR count). The van der Waals surface area contributed by atoms with E-state index in [0.717, 1.165) is 30.5 Å². The molecule has 0 saturated heterocycles. The number of benzene rings is 1. The molecule has 0 saturated carbocycles. The van der Waals surface area contributed by atoms with E-state index in [4.69, 9.17) is 0 Å². The number of thioether (sulfide) groups is 1. The van der Waals surface area contributed by atoms with Gasteiger partial charge in [0.25, 0.3) is 10.0 Å². The predicted molar refractivity (Wildman–Crippen MR) is 134 cm³/mol. The van der Waals surface area contributed by atoms with Crippen LogP contribution >= 0.6 is 11.8 Å². The van der Waals surface area contributed by atoms with E-state index in [1.165, 1.54) is 42.2 Å². The second-order valence-corrected chi connectivity index (χ2v) is 10.9. The van der Waals surface area contributed by atoms with Gasteiger partial charge in [-0.05, 0) is 74.6 Å². The lowest BCUT2D eigenvalue weighted by Crippen LogP contribution is -2.25. The number of aromatic nitrogens is 3. The minimum atomic E-state index is -3.88. The fourth-order valence-corrected chi connectivity index (χ4v) is 5.64. The van der Waals surface area contributed by atoms with Crippen LogP contribution in [0.5, 0.6) is 0 Å². The third-order valence-corrected chi connectivity index (χ3v) is 8.22. The number of hydrogen-bond acceptors (Lipinski definition) is 8. The molecule has 180 valence electrons. The Hall–Kier alpha value is -3.49. The van der Waals surface area contributed by atoms with E-state index in [1.54, 1.807) is 13.0 Å². The molecule has 1 aliphatic carbocycles. The number of hydrogen-bond donors (Lipinski definition) is 2. The lowest BCUT2D eigenvalue weighted by atomic mass is 10.2. The summed E-state index contributed by atoms with van der Waals surface area (Å²) in [7, 11) is -3.88. The van der Waals surface area contributed by atoms with Gasteiger partial charge in [-0.25, -0.2) is 28.1 Å². The van der Waals surface area contributed by atoms with Gasteiger partial charge in [-0.15, -0.1) is 0 Å². The topological polar surface area (TPSA) is 138 Å². The molecule has 2 heterocycles. The second-order valence-electron chi connectivity index (χ2n) is 8.07. The monoisotopic (exact) mass is 508 g/mol. The maximum absolute atomic E-state index is 12.9. The Morgan fingerprint density at radius 2 is 1.97 bits per heavy atom. The molecule has 1 atom stereocenters. The average Bonchev–Trinajstić information content (AvgIpc) is 3.29. The summed E-state index contributed by atoms with van der Waals surface area (Å²) in [5.74, 6) is -0.257. The Morgan fingerprint density at radius 3 is 2.66 bits per heavy atom. The summed E-state index contributed by atoms with van der Waals surface area (Å²) in [6, 6.07) is 11.6. The summed E-state index contributed by atoms with van der Waals surface area (Å²) in [4.78, 5) is 25.6. The summed E-state index contributed by atoms with van der Waals surface area (Å²) in [6.07, 6.45) is 4.85. The number of carbonyl (C=O) groups excluding carboxylic acids is 1. The van der Waals surface area contributed by atoms with E-state index < -0.39 is 15.3 Å². The molecule has 0 aliphatic heterocycles. The Labute approximate surface area is 208 Å². The van der Waals surface area contributed by atoms with Gasteiger partial charge in [0.2, 0.25) is 11.9 Å². The van der Waals surface area contributed by atoms with E-state index in [2.05, 4.69) is 31.1 Å². The van der Waals surface area contributed by atoms with Crippen molar-refractivity contribution in [1.29, 1.82) is 5.26 Å².